The van der Waals surface area contributed by atoms with Crippen molar-refractivity contribution >= 4 is 29.2 Å². The van der Waals surface area contributed by atoms with Crippen molar-refractivity contribution in [3.05, 3.63) is 53.7 Å². The normalized spacial score (nSPS) is 18.3. The summed E-state index contributed by atoms with van der Waals surface area (Å²) in [5.74, 6) is -4.36. The smallest absolute Gasteiger partial charge is 0.194 e. The average Bonchev–Trinajstić information content (AvgIpc) is 3.55. The second-order valence-corrected chi connectivity index (χ2v) is 11.6. The summed E-state index contributed by atoms with van der Waals surface area (Å²) in [4.78, 5) is 6.42. The van der Waals surface area contributed by atoms with Crippen molar-refractivity contribution in [2.75, 3.05) is 51.0 Å². The van der Waals surface area contributed by atoms with Crippen LogP contribution < -0.4 is 10.6 Å². The molecule has 0 aliphatic carbocycles. The number of aromatic amines is 1. The Morgan fingerprint density at radius 3 is 2.32 bits per heavy atom. The lowest BCUT2D eigenvalue weighted by Gasteiger charge is -2.27. The quantitative estimate of drug-likeness (QED) is 0.0829. The Bertz CT molecular complexity index is 1130. The first-order chi connectivity index (χ1) is 21.0. The highest BCUT2D eigenvalue weighted by molar-refractivity contribution is 8.00. The maximum atomic E-state index is 13.5. The molecule has 1 aliphatic heterocycles. The summed E-state index contributed by atoms with van der Waals surface area (Å²) in [6.45, 7) is 5.65. The molecular weight excluding hydrogens is 607 g/mol. The number of hydrogen-bond donors (Lipinski definition) is 7. The van der Waals surface area contributed by atoms with Gasteiger partial charge in [0.2, 0.25) is 0 Å². The molecule has 1 aromatic heterocycles. The topological polar surface area (TPSA) is 190 Å². The summed E-state index contributed by atoms with van der Waals surface area (Å²) in [6.07, 6.45) is 1.71. The number of rotatable bonds is 15. The molecule has 3 rings (SSSR count). The largest absolute Gasteiger partial charge is 0.404 e. The second-order valence-electron chi connectivity index (χ2n) is 9.95. The standard InChI is InChI=1S/C21H31F3N2O6S.C7H11N3O/c1-11(3-17(30)18(31)9-27)33-20(32-19(10-28)12(2)29)8-26-7-14(6-25)13-4-15(22)21(24)16(23)5-13;1-3-11-4-2-10(1)7-5-8-9-6-7/h4-7,11-12,17-20,27-31H,3,8-10,25H2,1-2H3;5-6H,1-4H2,(H,8,9)/b14-6+,26-7?;. The minimum atomic E-state index is -1.60. The SMILES string of the molecule is CC(CC(O)C(O)CO)SC(CN=C/C(=C\N)c1cc(F)c(F)c(F)c1)OC(CO)C(C)O.c1n[nH]cc1N1CCOCC1. The molecule has 6 atom stereocenters. The van der Waals surface area contributed by atoms with Gasteiger partial charge in [-0.05, 0) is 31.0 Å². The van der Waals surface area contributed by atoms with Crippen LogP contribution in [-0.4, -0.2) is 123 Å². The highest BCUT2D eigenvalue weighted by Gasteiger charge is 2.25. The number of nitrogens with two attached hydrogens (primary N) is 1. The number of hydrogen-bond acceptors (Lipinski definition) is 12. The number of nitrogens with one attached hydrogen (secondary N) is 1. The number of aliphatic hydroxyl groups is 5. The zero-order valence-electron chi connectivity index (χ0n) is 24.6. The molecule has 8 N–H and O–H groups in total. The van der Waals surface area contributed by atoms with Gasteiger partial charge in [0.1, 0.15) is 17.6 Å². The van der Waals surface area contributed by atoms with Gasteiger partial charge in [-0.3, -0.25) is 10.1 Å². The lowest BCUT2D eigenvalue weighted by Crippen LogP contribution is -2.36. The van der Waals surface area contributed by atoms with Gasteiger partial charge in [0.15, 0.2) is 17.5 Å². The van der Waals surface area contributed by atoms with Gasteiger partial charge >= 0.3 is 0 Å². The van der Waals surface area contributed by atoms with Crippen molar-refractivity contribution in [3.8, 4) is 0 Å². The van der Waals surface area contributed by atoms with Crippen LogP contribution in [0.25, 0.3) is 5.57 Å². The van der Waals surface area contributed by atoms with E-state index in [0.717, 1.165) is 50.3 Å². The number of aliphatic imine (C=N–C) groups is 1. The van der Waals surface area contributed by atoms with E-state index in [-0.39, 0.29) is 29.4 Å². The van der Waals surface area contributed by atoms with Crippen LogP contribution in [0.3, 0.4) is 0 Å². The van der Waals surface area contributed by atoms with Gasteiger partial charge in [0.25, 0.3) is 0 Å². The molecule has 0 radical (unpaired) electrons. The Balaban J connectivity index is 0.000000505. The monoisotopic (exact) mass is 649 g/mol. The summed E-state index contributed by atoms with van der Waals surface area (Å²) in [5.41, 5.74) is 6.02. The first-order valence-electron chi connectivity index (χ1n) is 14.0. The third kappa shape index (κ3) is 12.4. The first-order valence-corrected chi connectivity index (χ1v) is 14.9. The number of allylic oxidation sites excluding steroid dienone is 1. The molecule has 2 heterocycles. The fourth-order valence-corrected chi connectivity index (χ4v) is 5.17. The molecule has 0 amide bonds. The molecule has 16 heteroatoms. The molecular formula is C28H42F3N5O7S. The minimum absolute atomic E-state index is 0.0329. The van der Waals surface area contributed by atoms with Crippen molar-refractivity contribution in [1.82, 2.24) is 10.2 Å². The van der Waals surface area contributed by atoms with E-state index in [1.165, 1.54) is 24.9 Å². The van der Waals surface area contributed by atoms with Crippen LogP contribution >= 0.6 is 11.8 Å². The van der Waals surface area contributed by atoms with Crippen LogP contribution in [0.1, 0.15) is 25.8 Å². The van der Waals surface area contributed by atoms with Crippen molar-refractivity contribution in [3.63, 3.8) is 0 Å². The molecule has 0 saturated carbocycles. The molecule has 2 aromatic rings. The van der Waals surface area contributed by atoms with Gasteiger partial charge in [-0.2, -0.15) is 5.10 Å². The van der Waals surface area contributed by atoms with Crippen molar-refractivity contribution in [2.24, 2.45) is 10.7 Å². The number of anilines is 1. The predicted octanol–water partition coefficient (Wildman–Crippen LogP) is 1.03. The molecule has 0 bridgehead atoms. The maximum absolute atomic E-state index is 13.5. The van der Waals surface area contributed by atoms with Crippen LogP contribution in [0.4, 0.5) is 18.9 Å². The maximum Gasteiger partial charge on any atom is 0.194 e. The summed E-state index contributed by atoms with van der Waals surface area (Å²) in [5, 5.41) is 54.0. The van der Waals surface area contributed by atoms with E-state index in [1.54, 1.807) is 6.92 Å². The van der Waals surface area contributed by atoms with E-state index in [4.69, 9.17) is 20.3 Å². The first kappa shape index (κ1) is 37.5. The Kier molecular flexibility index (Phi) is 16.7. The third-order valence-electron chi connectivity index (χ3n) is 6.47. The number of benzene rings is 1. The number of thioether (sulfide) groups is 1. The van der Waals surface area contributed by atoms with Gasteiger partial charge in [-0.1, -0.05) is 6.92 Å². The third-order valence-corrected chi connectivity index (χ3v) is 7.70. The van der Waals surface area contributed by atoms with Crippen molar-refractivity contribution in [2.45, 2.75) is 55.4 Å². The minimum Gasteiger partial charge on any atom is -0.404 e. The Labute approximate surface area is 258 Å². The molecule has 1 aliphatic rings. The number of ether oxygens (including phenoxy) is 2. The number of aliphatic hydroxyl groups excluding tert-OH is 5. The van der Waals surface area contributed by atoms with Crippen LogP contribution in [0.5, 0.6) is 0 Å². The summed E-state index contributed by atoms with van der Waals surface area (Å²) in [6, 6.07) is 1.55. The number of morpholine rings is 1. The van der Waals surface area contributed by atoms with E-state index >= 15 is 0 Å². The lowest BCUT2D eigenvalue weighted by molar-refractivity contribution is -0.0637. The summed E-state index contributed by atoms with van der Waals surface area (Å²) < 4.78 is 51.2. The van der Waals surface area contributed by atoms with Gasteiger partial charge in [0, 0.05) is 42.5 Å². The Morgan fingerprint density at radius 2 is 1.80 bits per heavy atom. The van der Waals surface area contributed by atoms with Gasteiger partial charge in [-0.25, -0.2) is 13.2 Å². The molecule has 44 heavy (non-hydrogen) atoms. The molecule has 1 fully saturated rings. The van der Waals surface area contributed by atoms with Crippen molar-refractivity contribution in [1.29, 1.82) is 0 Å². The van der Waals surface area contributed by atoms with Crippen LogP contribution in [-0.2, 0) is 9.47 Å². The lowest BCUT2D eigenvalue weighted by atomic mass is 10.1. The predicted molar refractivity (Wildman–Crippen MR) is 162 cm³/mol. The fraction of sp³-hybridized carbons (Fsp3) is 0.571. The number of nitrogens with zero attached hydrogens (tertiary/aromatic N) is 3. The molecule has 1 aromatic carbocycles. The fourth-order valence-electron chi connectivity index (χ4n) is 3.97. The van der Waals surface area contributed by atoms with E-state index in [1.807, 2.05) is 12.4 Å². The van der Waals surface area contributed by atoms with Crippen LogP contribution in [0, 0.1) is 17.5 Å². The Hall–Kier alpha value is -2.70. The van der Waals surface area contributed by atoms with Gasteiger partial charge < -0.3 is 45.6 Å². The number of halogens is 3. The number of aromatic nitrogens is 2. The van der Waals surface area contributed by atoms with E-state index in [2.05, 4.69) is 20.1 Å². The summed E-state index contributed by atoms with van der Waals surface area (Å²) in [7, 11) is 0. The molecule has 1 saturated heterocycles. The molecule has 12 nitrogen and oxygen atoms in total. The van der Waals surface area contributed by atoms with E-state index in [9.17, 15) is 33.6 Å². The molecule has 0 spiro atoms. The van der Waals surface area contributed by atoms with Crippen LogP contribution in [0.2, 0.25) is 0 Å². The van der Waals surface area contributed by atoms with Crippen molar-refractivity contribution < 1.29 is 48.2 Å². The molecule has 248 valence electrons. The van der Waals surface area contributed by atoms with E-state index in [0.29, 0.717) is 0 Å². The number of H-pyrrole nitrogens is 1. The molecule has 6 unspecified atom stereocenters. The van der Waals surface area contributed by atoms with Gasteiger partial charge in [-0.15, -0.1) is 11.8 Å². The van der Waals surface area contributed by atoms with E-state index < -0.39 is 60.5 Å². The van der Waals surface area contributed by atoms with Crippen LogP contribution in [0.15, 0.2) is 35.7 Å². The highest BCUT2D eigenvalue weighted by Crippen LogP contribution is 2.26. The zero-order chi connectivity index (χ0) is 32.6. The highest BCUT2D eigenvalue weighted by atomic mass is 32.2. The second kappa shape index (κ2) is 19.6. The average molecular weight is 650 g/mol. The zero-order valence-corrected chi connectivity index (χ0v) is 25.4. The Morgan fingerprint density at radius 1 is 1.14 bits per heavy atom. The summed E-state index contributed by atoms with van der Waals surface area (Å²) >= 11 is 1.19. The van der Waals surface area contributed by atoms with Gasteiger partial charge in [0.05, 0.1) is 57.1 Å².